The van der Waals surface area contributed by atoms with Crippen LogP contribution >= 0.6 is 11.8 Å². The fourth-order valence-corrected chi connectivity index (χ4v) is 2.08. The lowest BCUT2D eigenvalue weighted by Gasteiger charge is -2.07. The highest BCUT2D eigenvalue weighted by Gasteiger charge is 2.01. The lowest BCUT2D eigenvalue weighted by molar-refractivity contribution is -0.118. The van der Waals surface area contributed by atoms with Crippen molar-refractivity contribution in [2.24, 2.45) is 0 Å². The molecule has 0 unspecified atom stereocenters. The van der Waals surface area contributed by atoms with Crippen molar-refractivity contribution in [2.75, 3.05) is 18.0 Å². The summed E-state index contributed by atoms with van der Waals surface area (Å²) in [5.74, 6) is 0.848. The van der Waals surface area contributed by atoms with Gasteiger partial charge in [-0.2, -0.15) is 0 Å². The molecule has 0 aliphatic carbocycles. The number of nitrogens with one attached hydrogen (secondary N) is 1. The lowest BCUT2D eigenvalue weighted by atomic mass is 10.2. The Morgan fingerprint density at radius 3 is 2.93 bits per heavy atom. The van der Waals surface area contributed by atoms with Gasteiger partial charge in [-0.05, 0) is 18.6 Å². The largest absolute Gasteiger partial charge is 0.398 e. The van der Waals surface area contributed by atoms with Crippen molar-refractivity contribution in [1.29, 1.82) is 0 Å². The number of thioether (sulfide) groups is 1. The second kappa shape index (κ2) is 5.66. The first-order valence-corrected chi connectivity index (χ1v) is 5.82. The van der Waals surface area contributed by atoms with Crippen LogP contribution in [0.1, 0.15) is 12.5 Å². The average molecular weight is 224 g/mol. The summed E-state index contributed by atoms with van der Waals surface area (Å²) >= 11 is 1.66. The van der Waals surface area contributed by atoms with Crippen molar-refractivity contribution in [2.45, 2.75) is 18.7 Å². The predicted octanol–water partition coefficient (Wildman–Crippen LogP) is 1.81. The molecule has 0 aromatic heterocycles. The summed E-state index contributed by atoms with van der Waals surface area (Å²) in [6, 6.07) is 5.99. The second-order valence-corrected chi connectivity index (χ2v) is 4.45. The van der Waals surface area contributed by atoms with Crippen LogP contribution in [-0.4, -0.2) is 18.2 Å². The molecule has 0 spiro atoms. The number of hydrogen-bond acceptors (Lipinski definition) is 3. The third kappa shape index (κ3) is 3.83. The molecule has 4 heteroatoms. The summed E-state index contributed by atoms with van der Waals surface area (Å²) in [6.07, 6.45) is 0. The highest BCUT2D eigenvalue weighted by molar-refractivity contribution is 7.99. The number of para-hydroxylation sites is 1. The monoisotopic (exact) mass is 224 g/mol. The molecule has 0 heterocycles. The van der Waals surface area contributed by atoms with Gasteiger partial charge in [0.1, 0.15) is 0 Å². The number of carbonyl (C=O) groups is 1. The van der Waals surface area contributed by atoms with Crippen molar-refractivity contribution in [3.8, 4) is 0 Å². The van der Waals surface area contributed by atoms with Crippen molar-refractivity contribution >= 4 is 23.4 Å². The molecule has 1 rings (SSSR count). The molecular formula is C11H16N2OS. The van der Waals surface area contributed by atoms with Crippen LogP contribution in [0.25, 0.3) is 0 Å². The molecule has 1 amide bonds. The first-order valence-electron chi connectivity index (χ1n) is 4.83. The van der Waals surface area contributed by atoms with E-state index < -0.39 is 0 Å². The van der Waals surface area contributed by atoms with Gasteiger partial charge in [0.05, 0.1) is 0 Å². The van der Waals surface area contributed by atoms with Gasteiger partial charge in [0.25, 0.3) is 0 Å². The third-order valence-electron chi connectivity index (χ3n) is 2.02. The van der Waals surface area contributed by atoms with E-state index in [-0.39, 0.29) is 5.91 Å². The lowest BCUT2D eigenvalue weighted by Crippen LogP contribution is -2.22. The number of rotatable bonds is 4. The van der Waals surface area contributed by atoms with E-state index in [1.54, 1.807) is 11.8 Å². The molecule has 0 bridgehead atoms. The van der Waals surface area contributed by atoms with Gasteiger partial charge in [-0.15, -0.1) is 11.8 Å². The first-order chi connectivity index (χ1) is 7.11. The van der Waals surface area contributed by atoms with E-state index in [4.69, 9.17) is 5.73 Å². The van der Waals surface area contributed by atoms with Crippen molar-refractivity contribution < 1.29 is 4.79 Å². The minimum Gasteiger partial charge on any atom is -0.398 e. The molecule has 0 atom stereocenters. The minimum absolute atomic E-state index is 0.00724. The van der Waals surface area contributed by atoms with Gasteiger partial charge in [0, 0.05) is 29.8 Å². The van der Waals surface area contributed by atoms with E-state index in [1.807, 2.05) is 25.1 Å². The Kier molecular flexibility index (Phi) is 4.49. The van der Waals surface area contributed by atoms with Crippen LogP contribution in [0.3, 0.4) is 0 Å². The fourth-order valence-electron chi connectivity index (χ4n) is 1.17. The number of anilines is 1. The molecule has 0 saturated carbocycles. The Balaban J connectivity index is 2.44. The van der Waals surface area contributed by atoms with Gasteiger partial charge < -0.3 is 11.1 Å². The quantitative estimate of drug-likeness (QED) is 0.466. The number of hydrogen-bond donors (Lipinski definition) is 2. The summed E-state index contributed by atoms with van der Waals surface area (Å²) in [4.78, 5) is 11.7. The smallest absolute Gasteiger partial charge is 0.216 e. The zero-order chi connectivity index (χ0) is 11.3. The summed E-state index contributed by atoms with van der Waals surface area (Å²) in [7, 11) is 0. The molecule has 0 aliphatic rings. The Labute approximate surface area is 94.4 Å². The van der Waals surface area contributed by atoms with Gasteiger partial charge in [0.2, 0.25) is 5.91 Å². The topological polar surface area (TPSA) is 55.1 Å². The van der Waals surface area contributed by atoms with E-state index in [0.717, 1.165) is 21.9 Å². The van der Waals surface area contributed by atoms with Crippen LogP contribution in [0.15, 0.2) is 23.1 Å². The van der Waals surface area contributed by atoms with Crippen molar-refractivity contribution in [1.82, 2.24) is 5.32 Å². The standard InChI is InChI=1S/C11H16N2OS/c1-8-4-3-5-10(11(8)12)15-7-6-13-9(2)14/h3-5H,6-7,12H2,1-2H3,(H,13,14). The Bertz CT molecular complexity index is 352. The maximum atomic E-state index is 10.6. The normalized spacial score (nSPS) is 10.0. The zero-order valence-electron chi connectivity index (χ0n) is 9.04. The van der Waals surface area contributed by atoms with Crippen LogP contribution in [0, 0.1) is 6.92 Å². The van der Waals surface area contributed by atoms with Crippen LogP contribution in [-0.2, 0) is 4.79 Å². The number of nitrogen functional groups attached to an aromatic ring is 1. The van der Waals surface area contributed by atoms with Crippen LogP contribution in [0.2, 0.25) is 0 Å². The van der Waals surface area contributed by atoms with E-state index in [1.165, 1.54) is 6.92 Å². The van der Waals surface area contributed by atoms with Gasteiger partial charge in [0.15, 0.2) is 0 Å². The van der Waals surface area contributed by atoms with Crippen LogP contribution in [0.4, 0.5) is 5.69 Å². The Hall–Kier alpha value is -1.16. The second-order valence-electron chi connectivity index (χ2n) is 3.32. The molecular weight excluding hydrogens is 208 g/mol. The summed E-state index contributed by atoms with van der Waals surface area (Å²) < 4.78 is 0. The van der Waals surface area contributed by atoms with E-state index in [0.29, 0.717) is 6.54 Å². The van der Waals surface area contributed by atoms with Crippen LogP contribution in [0.5, 0.6) is 0 Å². The number of benzene rings is 1. The Morgan fingerprint density at radius 2 is 2.27 bits per heavy atom. The van der Waals surface area contributed by atoms with E-state index in [9.17, 15) is 4.79 Å². The maximum absolute atomic E-state index is 10.6. The van der Waals surface area contributed by atoms with Gasteiger partial charge in [-0.1, -0.05) is 12.1 Å². The van der Waals surface area contributed by atoms with E-state index in [2.05, 4.69) is 5.32 Å². The maximum Gasteiger partial charge on any atom is 0.216 e. The average Bonchev–Trinajstić information content (AvgIpc) is 2.18. The minimum atomic E-state index is 0.00724. The van der Waals surface area contributed by atoms with Gasteiger partial charge >= 0.3 is 0 Å². The fraction of sp³-hybridized carbons (Fsp3) is 0.364. The summed E-state index contributed by atoms with van der Waals surface area (Å²) in [6.45, 7) is 4.19. The zero-order valence-corrected chi connectivity index (χ0v) is 9.86. The summed E-state index contributed by atoms with van der Waals surface area (Å²) in [5, 5.41) is 2.75. The summed E-state index contributed by atoms with van der Waals surface area (Å²) in [5.41, 5.74) is 7.85. The van der Waals surface area contributed by atoms with Crippen LogP contribution < -0.4 is 11.1 Å². The highest BCUT2D eigenvalue weighted by atomic mass is 32.2. The SMILES string of the molecule is CC(=O)NCCSc1cccc(C)c1N. The van der Waals surface area contributed by atoms with Crippen molar-refractivity contribution in [3.05, 3.63) is 23.8 Å². The molecule has 15 heavy (non-hydrogen) atoms. The molecule has 0 fully saturated rings. The molecule has 0 saturated heterocycles. The number of amides is 1. The molecule has 1 aromatic carbocycles. The predicted molar refractivity (Wildman–Crippen MR) is 65.0 cm³/mol. The molecule has 82 valence electrons. The third-order valence-corrected chi connectivity index (χ3v) is 3.09. The van der Waals surface area contributed by atoms with Gasteiger partial charge in [-0.25, -0.2) is 0 Å². The number of nitrogens with two attached hydrogens (primary N) is 1. The van der Waals surface area contributed by atoms with Crippen molar-refractivity contribution in [3.63, 3.8) is 0 Å². The molecule has 3 nitrogen and oxygen atoms in total. The number of carbonyl (C=O) groups excluding carboxylic acids is 1. The Morgan fingerprint density at radius 1 is 1.53 bits per heavy atom. The first kappa shape index (κ1) is 11.9. The molecule has 0 aliphatic heterocycles. The number of aryl methyl sites for hydroxylation is 1. The van der Waals surface area contributed by atoms with Gasteiger partial charge in [-0.3, -0.25) is 4.79 Å². The molecule has 1 aromatic rings. The molecule has 3 N–H and O–H groups in total. The van der Waals surface area contributed by atoms with E-state index >= 15 is 0 Å². The molecule has 0 radical (unpaired) electrons. The highest BCUT2D eigenvalue weighted by Crippen LogP contribution is 2.26.